The lowest BCUT2D eigenvalue weighted by atomic mass is 10.1. The quantitative estimate of drug-likeness (QED) is 0.407. The van der Waals surface area contributed by atoms with Gasteiger partial charge in [-0.05, 0) is 17.5 Å². The van der Waals surface area contributed by atoms with Crippen LogP contribution in [0.25, 0.3) is 0 Å². The zero-order valence-electron chi connectivity index (χ0n) is 13.6. The summed E-state index contributed by atoms with van der Waals surface area (Å²) in [4.78, 5) is 9.81. The first-order valence-electron chi connectivity index (χ1n) is 7.20. The van der Waals surface area contributed by atoms with E-state index < -0.39 is 0 Å². The molecule has 0 radical (unpaired) electrons. The molecular formula is C16H23IN4OS. The Morgan fingerprint density at radius 2 is 2.17 bits per heavy atom. The molecule has 0 fully saturated rings. The van der Waals surface area contributed by atoms with Crippen LogP contribution in [0.5, 0.6) is 5.88 Å². The van der Waals surface area contributed by atoms with Crippen LogP contribution in [0.4, 0.5) is 0 Å². The van der Waals surface area contributed by atoms with Crippen LogP contribution in [0.2, 0.25) is 0 Å². The summed E-state index contributed by atoms with van der Waals surface area (Å²) in [5.74, 6) is 1.86. The highest BCUT2D eigenvalue weighted by Gasteiger charge is 2.08. The molecule has 0 bridgehead atoms. The maximum absolute atomic E-state index is 5.25. The molecule has 2 N–H and O–H groups in total. The van der Waals surface area contributed by atoms with Crippen LogP contribution in [0.1, 0.15) is 23.3 Å². The molecule has 23 heavy (non-hydrogen) atoms. The minimum absolute atomic E-state index is 0. The first-order valence-corrected chi connectivity index (χ1v) is 8.08. The van der Waals surface area contributed by atoms with E-state index in [4.69, 9.17) is 4.74 Å². The standard InChI is InChI=1S/C16H22N4OS.HI/c1-12(14-7-5-9-22-14)10-19-16(17-2)20-11-13-6-4-8-18-15(13)21-3;/h4-9,12H,10-11H2,1-3H3,(H2,17,19,20);1H. The molecule has 0 aromatic carbocycles. The number of pyridine rings is 1. The molecule has 0 saturated carbocycles. The summed E-state index contributed by atoms with van der Waals surface area (Å²) in [6, 6.07) is 8.13. The highest BCUT2D eigenvalue weighted by Crippen LogP contribution is 2.19. The topological polar surface area (TPSA) is 58.5 Å². The summed E-state index contributed by atoms with van der Waals surface area (Å²) >= 11 is 1.78. The maximum Gasteiger partial charge on any atom is 0.218 e. The number of aliphatic imine (C=N–C) groups is 1. The lowest BCUT2D eigenvalue weighted by Gasteiger charge is -2.15. The Morgan fingerprint density at radius 1 is 1.35 bits per heavy atom. The fraction of sp³-hybridized carbons (Fsp3) is 0.375. The molecule has 0 saturated heterocycles. The van der Waals surface area contributed by atoms with Gasteiger partial charge in [0.2, 0.25) is 5.88 Å². The molecule has 2 aromatic rings. The van der Waals surface area contributed by atoms with Crippen molar-refractivity contribution in [3.63, 3.8) is 0 Å². The third-order valence-electron chi connectivity index (χ3n) is 3.32. The van der Waals surface area contributed by atoms with Crippen molar-refractivity contribution in [2.75, 3.05) is 20.7 Å². The molecule has 0 amide bonds. The van der Waals surface area contributed by atoms with E-state index in [1.54, 1.807) is 31.7 Å². The van der Waals surface area contributed by atoms with E-state index in [9.17, 15) is 0 Å². The molecule has 1 unspecified atom stereocenters. The first kappa shape index (κ1) is 19.7. The van der Waals surface area contributed by atoms with Crippen molar-refractivity contribution in [3.05, 3.63) is 46.3 Å². The number of ether oxygens (including phenoxy) is 1. The monoisotopic (exact) mass is 446 g/mol. The van der Waals surface area contributed by atoms with E-state index >= 15 is 0 Å². The molecule has 7 heteroatoms. The molecule has 0 aliphatic heterocycles. The van der Waals surface area contributed by atoms with Crippen molar-refractivity contribution >= 4 is 41.3 Å². The van der Waals surface area contributed by atoms with Gasteiger partial charge in [0.05, 0.1) is 7.11 Å². The van der Waals surface area contributed by atoms with E-state index in [-0.39, 0.29) is 24.0 Å². The summed E-state index contributed by atoms with van der Waals surface area (Å²) in [7, 11) is 3.40. The Bertz CT molecular complexity index is 604. The normalized spacial score (nSPS) is 12.2. The highest BCUT2D eigenvalue weighted by atomic mass is 127. The predicted octanol–water partition coefficient (Wildman–Crippen LogP) is 3.24. The Morgan fingerprint density at radius 3 is 2.83 bits per heavy atom. The van der Waals surface area contributed by atoms with Gasteiger partial charge in [0.15, 0.2) is 5.96 Å². The predicted molar refractivity (Wildman–Crippen MR) is 107 cm³/mol. The van der Waals surface area contributed by atoms with Crippen molar-refractivity contribution in [2.24, 2.45) is 4.99 Å². The van der Waals surface area contributed by atoms with Crippen molar-refractivity contribution in [3.8, 4) is 5.88 Å². The lowest BCUT2D eigenvalue weighted by Crippen LogP contribution is -2.38. The Labute approximate surface area is 158 Å². The van der Waals surface area contributed by atoms with Gasteiger partial charge in [0, 0.05) is 42.7 Å². The highest BCUT2D eigenvalue weighted by molar-refractivity contribution is 14.0. The van der Waals surface area contributed by atoms with Crippen LogP contribution in [0.15, 0.2) is 40.8 Å². The second kappa shape index (κ2) is 10.4. The fourth-order valence-electron chi connectivity index (χ4n) is 2.06. The number of rotatable bonds is 6. The average molecular weight is 446 g/mol. The van der Waals surface area contributed by atoms with Crippen LogP contribution in [-0.2, 0) is 6.54 Å². The number of thiophene rings is 1. The number of aromatic nitrogens is 1. The van der Waals surface area contributed by atoms with E-state index in [1.807, 2.05) is 12.1 Å². The molecule has 2 rings (SSSR count). The summed E-state index contributed by atoms with van der Waals surface area (Å²) in [5.41, 5.74) is 0.999. The molecule has 2 heterocycles. The average Bonchev–Trinajstić information content (AvgIpc) is 3.09. The minimum Gasteiger partial charge on any atom is -0.481 e. The van der Waals surface area contributed by atoms with Crippen molar-refractivity contribution in [1.82, 2.24) is 15.6 Å². The smallest absolute Gasteiger partial charge is 0.218 e. The van der Waals surface area contributed by atoms with Gasteiger partial charge in [-0.15, -0.1) is 35.3 Å². The van der Waals surface area contributed by atoms with Crippen LogP contribution in [0, 0.1) is 0 Å². The van der Waals surface area contributed by atoms with Crippen molar-refractivity contribution < 1.29 is 4.74 Å². The van der Waals surface area contributed by atoms with Crippen LogP contribution in [0.3, 0.4) is 0 Å². The van der Waals surface area contributed by atoms with Crippen molar-refractivity contribution in [2.45, 2.75) is 19.4 Å². The minimum atomic E-state index is 0. The number of hydrogen-bond donors (Lipinski definition) is 2. The number of nitrogens with one attached hydrogen (secondary N) is 2. The van der Waals surface area contributed by atoms with Gasteiger partial charge >= 0.3 is 0 Å². The number of methoxy groups -OCH3 is 1. The zero-order valence-corrected chi connectivity index (χ0v) is 16.7. The number of nitrogens with zero attached hydrogens (tertiary/aromatic N) is 2. The van der Waals surface area contributed by atoms with Gasteiger partial charge in [0.25, 0.3) is 0 Å². The van der Waals surface area contributed by atoms with Gasteiger partial charge < -0.3 is 15.4 Å². The second-order valence-corrected chi connectivity index (χ2v) is 5.87. The third-order valence-corrected chi connectivity index (χ3v) is 4.42. The molecule has 0 spiro atoms. The van der Waals surface area contributed by atoms with E-state index in [1.165, 1.54) is 4.88 Å². The first-order chi connectivity index (χ1) is 10.7. The molecule has 0 aliphatic carbocycles. The molecule has 2 aromatic heterocycles. The fourth-order valence-corrected chi connectivity index (χ4v) is 2.85. The van der Waals surface area contributed by atoms with E-state index in [0.717, 1.165) is 18.1 Å². The van der Waals surface area contributed by atoms with Crippen LogP contribution < -0.4 is 15.4 Å². The van der Waals surface area contributed by atoms with Gasteiger partial charge in [0.1, 0.15) is 0 Å². The number of guanidine groups is 1. The second-order valence-electron chi connectivity index (χ2n) is 4.89. The Kier molecular flexibility index (Phi) is 8.93. The number of halogens is 1. The largest absolute Gasteiger partial charge is 0.481 e. The summed E-state index contributed by atoms with van der Waals surface area (Å²) in [6.07, 6.45) is 1.72. The van der Waals surface area contributed by atoms with Crippen molar-refractivity contribution in [1.29, 1.82) is 0 Å². The van der Waals surface area contributed by atoms with Crippen LogP contribution in [-0.4, -0.2) is 31.6 Å². The third kappa shape index (κ3) is 5.98. The summed E-state index contributed by atoms with van der Waals surface area (Å²) < 4.78 is 5.25. The molecule has 126 valence electrons. The lowest BCUT2D eigenvalue weighted by molar-refractivity contribution is 0.392. The zero-order chi connectivity index (χ0) is 15.8. The summed E-state index contributed by atoms with van der Waals surface area (Å²) in [5, 5.41) is 8.74. The van der Waals surface area contributed by atoms with Gasteiger partial charge in [-0.3, -0.25) is 4.99 Å². The number of hydrogen-bond acceptors (Lipinski definition) is 4. The molecule has 0 aliphatic rings. The van der Waals surface area contributed by atoms with Gasteiger partial charge in [-0.2, -0.15) is 0 Å². The van der Waals surface area contributed by atoms with Gasteiger partial charge in [-0.1, -0.05) is 19.1 Å². The molecule has 5 nitrogen and oxygen atoms in total. The molecule has 1 atom stereocenters. The maximum atomic E-state index is 5.25. The Balaban J connectivity index is 0.00000264. The molecular weight excluding hydrogens is 423 g/mol. The van der Waals surface area contributed by atoms with E-state index in [2.05, 4.69) is 45.0 Å². The van der Waals surface area contributed by atoms with Crippen LogP contribution >= 0.6 is 35.3 Å². The Hall–Kier alpha value is -1.35. The SMILES string of the molecule is CN=C(NCc1cccnc1OC)NCC(C)c1cccs1.I. The van der Waals surface area contributed by atoms with Gasteiger partial charge in [-0.25, -0.2) is 4.98 Å². The van der Waals surface area contributed by atoms with E-state index in [0.29, 0.717) is 18.3 Å². The summed E-state index contributed by atoms with van der Waals surface area (Å²) in [6.45, 7) is 3.66.